The van der Waals surface area contributed by atoms with Crippen molar-refractivity contribution >= 4 is 17.3 Å². The van der Waals surface area contributed by atoms with E-state index in [1.165, 1.54) is 6.08 Å². The summed E-state index contributed by atoms with van der Waals surface area (Å²) in [5.41, 5.74) is 3.36. The van der Waals surface area contributed by atoms with E-state index in [0.717, 1.165) is 30.7 Å². The van der Waals surface area contributed by atoms with Crippen molar-refractivity contribution in [2.75, 3.05) is 6.61 Å². The third kappa shape index (κ3) is 6.67. The Morgan fingerprint density at radius 2 is 2.00 bits per heavy atom. The standard InChI is InChI=1S/C27H28F3NO3/c1-3-7-19-13-22(12-18-8-5-11-26(31-17-18)27(28,29)30)25(33)16-21(19)15-24(32)20-9-6-10-23(14-20)34-4-2/h6,8-11,14,16-17,19,22H,3-4,7,12-13,15H2,1-2H3. The lowest BCUT2D eigenvalue weighted by Gasteiger charge is -2.29. The molecule has 0 saturated heterocycles. The summed E-state index contributed by atoms with van der Waals surface area (Å²) in [5.74, 6) is 0.132. The second-order valence-corrected chi connectivity index (χ2v) is 8.48. The van der Waals surface area contributed by atoms with Gasteiger partial charge in [-0.05, 0) is 62.0 Å². The Hall–Kier alpha value is -3.18. The van der Waals surface area contributed by atoms with Gasteiger partial charge in [0.15, 0.2) is 17.3 Å². The van der Waals surface area contributed by atoms with E-state index >= 15 is 0 Å². The second kappa shape index (κ2) is 11.3. The number of hydrogen-bond donors (Lipinski definition) is 0. The van der Waals surface area contributed by atoms with Crippen LogP contribution in [0.2, 0.25) is 0 Å². The first kappa shape index (κ1) is 25.4. The summed E-state index contributed by atoms with van der Waals surface area (Å²) >= 11 is 0. The van der Waals surface area contributed by atoms with Crippen LogP contribution in [0.1, 0.15) is 56.3 Å². The molecule has 1 aromatic rings. The summed E-state index contributed by atoms with van der Waals surface area (Å²) in [5, 5.41) is 0. The van der Waals surface area contributed by atoms with Crippen LogP contribution in [0.15, 0.2) is 70.6 Å². The molecule has 3 rings (SSSR count). The third-order valence-corrected chi connectivity index (χ3v) is 5.92. The molecule has 0 bridgehead atoms. The number of ether oxygens (including phenoxy) is 1. The van der Waals surface area contributed by atoms with E-state index in [4.69, 9.17) is 4.74 Å². The first-order chi connectivity index (χ1) is 16.2. The summed E-state index contributed by atoms with van der Waals surface area (Å²) in [6, 6.07) is 7.01. The Morgan fingerprint density at radius 3 is 2.71 bits per heavy atom. The summed E-state index contributed by atoms with van der Waals surface area (Å²) < 4.78 is 44.2. The first-order valence-electron chi connectivity index (χ1n) is 11.5. The number of benzene rings is 1. The first-order valence-corrected chi connectivity index (χ1v) is 11.5. The summed E-state index contributed by atoms with van der Waals surface area (Å²) in [7, 11) is 0. The van der Waals surface area contributed by atoms with Gasteiger partial charge in [0.2, 0.25) is 0 Å². The lowest BCUT2D eigenvalue weighted by atomic mass is 9.74. The number of aliphatic imine (C=N–C) groups is 1. The Labute approximate surface area is 197 Å². The molecule has 0 aromatic heterocycles. The molecule has 2 atom stereocenters. The number of halogens is 3. The largest absolute Gasteiger partial charge is 0.494 e. The van der Waals surface area contributed by atoms with Gasteiger partial charge in [0.1, 0.15) is 5.75 Å². The number of ketones is 2. The smallest absolute Gasteiger partial charge is 0.433 e. The van der Waals surface area contributed by atoms with Crippen LogP contribution in [0.4, 0.5) is 13.2 Å². The number of allylic oxidation sites excluding steroid dienone is 4. The van der Waals surface area contributed by atoms with E-state index in [-0.39, 0.29) is 36.2 Å². The van der Waals surface area contributed by atoms with Crippen molar-refractivity contribution in [2.45, 2.75) is 52.1 Å². The molecule has 1 heterocycles. The molecule has 0 fully saturated rings. The number of rotatable bonds is 9. The second-order valence-electron chi connectivity index (χ2n) is 8.48. The van der Waals surface area contributed by atoms with Crippen molar-refractivity contribution in [3.8, 4) is 5.75 Å². The van der Waals surface area contributed by atoms with Crippen LogP contribution in [0.5, 0.6) is 5.75 Å². The third-order valence-electron chi connectivity index (χ3n) is 5.92. The average Bonchev–Trinajstić information content (AvgIpc) is 3.03. The van der Waals surface area contributed by atoms with Crippen molar-refractivity contribution in [3.63, 3.8) is 0 Å². The van der Waals surface area contributed by atoms with Gasteiger partial charge in [-0.1, -0.05) is 31.1 Å². The van der Waals surface area contributed by atoms with E-state index in [9.17, 15) is 22.8 Å². The van der Waals surface area contributed by atoms with Gasteiger partial charge in [0, 0.05) is 30.2 Å². The molecule has 1 aliphatic carbocycles. The predicted octanol–water partition coefficient (Wildman–Crippen LogP) is 6.59. The summed E-state index contributed by atoms with van der Waals surface area (Å²) in [4.78, 5) is 29.4. The molecule has 180 valence electrons. The molecule has 0 spiro atoms. The van der Waals surface area contributed by atoms with E-state index in [0.29, 0.717) is 29.9 Å². The quantitative estimate of drug-likeness (QED) is 0.301. The van der Waals surface area contributed by atoms with Gasteiger partial charge >= 0.3 is 6.18 Å². The molecule has 0 radical (unpaired) electrons. The van der Waals surface area contributed by atoms with Crippen molar-refractivity contribution in [2.24, 2.45) is 16.8 Å². The zero-order valence-corrected chi connectivity index (χ0v) is 19.3. The highest BCUT2D eigenvalue weighted by atomic mass is 19.4. The molecule has 2 aliphatic rings. The van der Waals surface area contributed by atoms with Gasteiger partial charge in [-0.15, -0.1) is 5.73 Å². The monoisotopic (exact) mass is 471 g/mol. The molecule has 2 unspecified atom stereocenters. The van der Waals surface area contributed by atoms with Gasteiger partial charge in [-0.25, -0.2) is 0 Å². The lowest BCUT2D eigenvalue weighted by molar-refractivity contribution is -0.119. The lowest BCUT2D eigenvalue weighted by Crippen LogP contribution is -2.25. The molecule has 4 nitrogen and oxygen atoms in total. The minimum atomic E-state index is -4.55. The fraction of sp³-hybridized carbons (Fsp3) is 0.407. The number of carbonyl (C=O) groups is 2. The topological polar surface area (TPSA) is 55.7 Å². The highest BCUT2D eigenvalue weighted by Crippen LogP contribution is 2.36. The number of nitrogens with zero attached hydrogens (tertiary/aromatic N) is 1. The highest BCUT2D eigenvalue weighted by molar-refractivity contribution is 6.01. The van der Waals surface area contributed by atoms with Gasteiger partial charge in [-0.3, -0.25) is 14.6 Å². The molecular formula is C27H28F3NO3. The summed E-state index contributed by atoms with van der Waals surface area (Å²) in [6.07, 6.45) is 3.13. The number of carbonyl (C=O) groups excluding carboxylic acids is 2. The van der Waals surface area contributed by atoms with Gasteiger partial charge < -0.3 is 4.74 Å². The maximum absolute atomic E-state index is 12.9. The van der Waals surface area contributed by atoms with Crippen molar-refractivity contribution in [1.82, 2.24) is 0 Å². The molecule has 0 saturated carbocycles. The van der Waals surface area contributed by atoms with Gasteiger partial charge in [-0.2, -0.15) is 13.2 Å². The minimum Gasteiger partial charge on any atom is -0.494 e. The zero-order valence-electron chi connectivity index (χ0n) is 19.3. The van der Waals surface area contributed by atoms with E-state index in [2.05, 4.69) is 10.7 Å². The van der Waals surface area contributed by atoms with Crippen LogP contribution in [-0.2, 0) is 4.79 Å². The average molecular weight is 472 g/mol. The normalized spacial score (nSPS) is 20.4. The summed E-state index contributed by atoms with van der Waals surface area (Å²) in [6.45, 7) is 4.42. The van der Waals surface area contributed by atoms with Crippen LogP contribution in [-0.4, -0.2) is 30.1 Å². The fourth-order valence-electron chi connectivity index (χ4n) is 4.28. The van der Waals surface area contributed by atoms with Crippen molar-refractivity contribution < 1.29 is 27.5 Å². The fourth-order valence-corrected chi connectivity index (χ4v) is 4.28. The van der Waals surface area contributed by atoms with Crippen LogP contribution in [0.25, 0.3) is 0 Å². The molecular weight excluding hydrogens is 443 g/mol. The zero-order chi connectivity index (χ0) is 24.7. The Morgan fingerprint density at radius 1 is 1.21 bits per heavy atom. The van der Waals surface area contributed by atoms with Crippen LogP contribution >= 0.6 is 0 Å². The SMILES string of the molecule is CCCC1CC(CC2=CN=C(C(F)(F)F)C=C=C2)C(=O)C=C1CC(=O)c1cccc(OCC)c1. The van der Waals surface area contributed by atoms with E-state index in [1.807, 2.05) is 13.8 Å². The van der Waals surface area contributed by atoms with Crippen molar-refractivity contribution in [1.29, 1.82) is 0 Å². The molecule has 1 aliphatic heterocycles. The highest BCUT2D eigenvalue weighted by Gasteiger charge is 2.34. The predicted molar refractivity (Wildman–Crippen MR) is 125 cm³/mol. The molecule has 1 aromatic carbocycles. The molecule has 34 heavy (non-hydrogen) atoms. The van der Waals surface area contributed by atoms with Crippen LogP contribution in [0.3, 0.4) is 0 Å². The molecule has 0 N–H and O–H groups in total. The maximum Gasteiger partial charge on any atom is 0.433 e. The van der Waals surface area contributed by atoms with E-state index < -0.39 is 11.9 Å². The van der Waals surface area contributed by atoms with Crippen LogP contribution in [0, 0.1) is 11.8 Å². The van der Waals surface area contributed by atoms with Gasteiger partial charge in [0.05, 0.1) is 6.61 Å². The number of hydrogen-bond acceptors (Lipinski definition) is 4. The van der Waals surface area contributed by atoms with Crippen LogP contribution < -0.4 is 4.74 Å². The van der Waals surface area contributed by atoms with Gasteiger partial charge in [0.25, 0.3) is 0 Å². The Balaban J connectivity index is 1.75. The Kier molecular flexibility index (Phi) is 8.46. The van der Waals surface area contributed by atoms with Crippen molar-refractivity contribution in [3.05, 3.63) is 71.1 Å². The van der Waals surface area contributed by atoms with E-state index in [1.54, 1.807) is 30.3 Å². The number of alkyl halides is 3. The molecule has 7 heteroatoms. The Bertz CT molecular complexity index is 1090. The maximum atomic E-state index is 12.9. The molecule has 0 amide bonds. The minimum absolute atomic E-state index is 0.0619. The number of Topliss-reactive ketones (excluding diaryl/α,β-unsaturated/α-hetero) is 1.